The normalized spacial score (nSPS) is 24.6. The van der Waals surface area contributed by atoms with Gasteiger partial charge in [-0.3, -0.25) is 9.59 Å². The summed E-state index contributed by atoms with van der Waals surface area (Å²) in [6.45, 7) is 3.19. The lowest BCUT2D eigenvalue weighted by Crippen LogP contribution is -2.54. The number of ether oxygens (including phenoxy) is 1. The van der Waals surface area contributed by atoms with E-state index in [1.54, 1.807) is 19.4 Å². The highest BCUT2D eigenvalue weighted by molar-refractivity contribution is 6.45. The lowest BCUT2D eigenvalue weighted by Gasteiger charge is -2.42. The number of carbonyl (C=O) groups is 2. The fraction of sp³-hybridized carbons (Fsp3) is 0.474. The van der Waals surface area contributed by atoms with Crippen LogP contribution in [-0.4, -0.2) is 54.4 Å². The van der Waals surface area contributed by atoms with Crippen molar-refractivity contribution >= 4 is 35.0 Å². The van der Waals surface area contributed by atoms with Gasteiger partial charge in [0.2, 0.25) is 0 Å². The first-order valence-corrected chi connectivity index (χ1v) is 8.88. The van der Waals surface area contributed by atoms with E-state index in [0.29, 0.717) is 22.6 Å². The van der Waals surface area contributed by atoms with Crippen LogP contribution >= 0.6 is 12.4 Å². The van der Waals surface area contributed by atoms with Crippen LogP contribution in [0.4, 0.5) is 0 Å². The quantitative estimate of drug-likeness (QED) is 0.633. The fourth-order valence-electron chi connectivity index (χ4n) is 4.14. The molecule has 0 aliphatic carbocycles. The molecule has 7 heteroatoms. The van der Waals surface area contributed by atoms with Gasteiger partial charge in [0.05, 0.1) is 12.7 Å². The SMILES string of the molecule is COc1ccc2[nH]cc(C(=O)C(=O)NC3CCN4CCCC3C4)c2c1.Cl. The van der Waals surface area contributed by atoms with Gasteiger partial charge in [-0.2, -0.15) is 0 Å². The maximum absolute atomic E-state index is 12.7. The number of methoxy groups -OCH3 is 1. The molecule has 1 aromatic carbocycles. The molecule has 1 aromatic heterocycles. The van der Waals surface area contributed by atoms with Crippen LogP contribution in [0, 0.1) is 5.92 Å². The van der Waals surface area contributed by atoms with Gasteiger partial charge in [0.15, 0.2) is 0 Å². The molecule has 4 rings (SSSR count). The number of carbonyl (C=O) groups excluding carboxylic acids is 2. The number of hydrogen-bond donors (Lipinski definition) is 2. The lowest BCUT2D eigenvalue weighted by atomic mass is 9.85. The van der Waals surface area contributed by atoms with Gasteiger partial charge in [0.1, 0.15) is 5.75 Å². The average molecular weight is 378 g/mol. The first kappa shape index (κ1) is 18.7. The van der Waals surface area contributed by atoms with Crippen LogP contribution in [0.1, 0.15) is 29.6 Å². The molecule has 0 spiro atoms. The summed E-state index contributed by atoms with van der Waals surface area (Å²) in [5.74, 6) is 0.129. The van der Waals surface area contributed by atoms with Crippen molar-refractivity contribution in [1.29, 1.82) is 0 Å². The number of ketones is 1. The number of Topliss-reactive ketones (excluding diaryl/α,β-unsaturated/α-hetero) is 1. The van der Waals surface area contributed by atoms with E-state index in [2.05, 4.69) is 15.2 Å². The van der Waals surface area contributed by atoms with E-state index in [0.717, 1.165) is 38.0 Å². The molecule has 140 valence electrons. The number of nitrogens with zero attached hydrogens (tertiary/aromatic N) is 1. The van der Waals surface area contributed by atoms with Crippen LogP contribution in [0.5, 0.6) is 5.75 Å². The molecular formula is C19H24ClN3O3. The summed E-state index contributed by atoms with van der Waals surface area (Å²) >= 11 is 0. The fourth-order valence-corrected chi connectivity index (χ4v) is 4.14. The maximum atomic E-state index is 12.7. The number of amides is 1. The molecule has 0 radical (unpaired) electrons. The number of fused-ring (bicyclic) bond motifs is 3. The maximum Gasteiger partial charge on any atom is 0.292 e. The van der Waals surface area contributed by atoms with Gasteiger partial charge in [-0.15, -0.1) is 12.4 Å². The van der Waals surface area contributed by atoms with Crippen LogP contribution < -0.4 is 10.1 Å². The van der Waals surface area contributed by atoms with E-state index in [4.69, 9.17) is 4.74 Å². The number of H-pyrrole nitrogens is 1. The largest absolute Gasteiger partial charge is 0.497 e. The molecule has 3 unspecified atom stereocenters. The van der Waals surface area contributed by atoms with Crippen molar-refractivity contribution in [2.24, 2.45) is 5.92 Å². The number of aromatic nitrogens is 1. The minimum Gasteiger partial charge on any atom is -0.497 e. The first-order valence-electron chi connectivity index (χ1n) is 8.88. The Bertz CT molecular complexity index is 819. The van der Waals surface area contributed by atoms with Crippen molar-refractivity contribution in [2.75, 3.05) is 26.7 Å². The Morgan fingerprint density at radius 2 is 2.12 bits per heavy atom. The van der Waals surface area contributed by atoms with Crippen LogP contribution in [0.2, 0.25) is 0 Å². The third kappa shape index (κ3) is 3.44. The van der Waals surface area contributed by atoms with Crippen molar-refractivity contribution in [3.8, 4) is 5.75 Å². The molecule has 2 N–H and O–H groups in total. The highest BCUT2D eigenvalue weighted by Gasteiger charge is 2.34. The smallest absolute Gasteiger partial charge is 0.292 e. The summed E-state index contributed by atoms with van der Waals surface area (Å²) in [5, 5.41) is 3.71. The molecule has 3 heterocycles. The molecule has 2 saturated heterocycles. The molecule has 2 aliphatic heterocycles. The predicted octanol–water partition coefficient (Wildman–Crippen LogP) is 2.38. The Hall–Kier alpha value is -2.05. The summed E-state index contributed by atoms with van der Waals surface area (Å²) in [5.41, 5.74) is 1.21. The number of aromatic amines is 1. The summed E-state index contributed by atoms with van der Waals surface area (Å²) < 4.78 is 5.22. The number of hydrogen-bond acceptors (Lipinski definition) is 4. The van der Waals surface area contributed by atoms with Crippen LogP contribution in [0.3, 0.4) is 0 Å². The monoisotopic (exact) mass is 377 g/mol. The third-order valence-electron chi connectivity index (χ3n) is 5.52. The van der Waals surface area contributed by atoms with Gasteiger partial charge in [-0.25, -0.2) is 0 Å². The summed E-state index contributed by atoms with van der Waals surface area (Å²) in [6.07, 6.45) is 4.83. The van der Waals surface area contributed by atoms with E-state index < -0.39 is 11.7 Å². The molecule has 2 fully saturated rings. The summed E-state index contributed by atoms with van der Waals surface area (Å²) in [4.78, 5) is 30.7. The second kappa shape index (κ2) is 7.68. The Morgan fingerprint density at radius 3 is 2.92 bits per heavy atom. The van der Waals surface area contributed by atoms with E-state index in [9.17, 15) is 9.59 Å². The summed E-state index contributed by atoms with van der Waals surface area (Å²) in [7, 11) is 1.58. The van der Waals surface area contributed by atoms with Gasteiger partial charge in [-0.1, -0.05) is 0 Å². The molecule has 2 bridgehead atoms. The van der Waals surface area contributed by atoms with Crippen molar-refractivity contribution in [1.82, 2.24) is 15.2 Å². The molecule has 6 nitrogen and oxygen atoms in total. The van der Waals surface area contributed by atoms with Crippen molar-refractivity contribution < 1.29 is 14.3 Å². The van der Waals surface area contributed by atoms with E-state index in [-0.39, 0.29) is 18.4 Å². The molecule has 3 atom stereocenters. The Balaban J connectivity index is 0.00000196. The Morgan fingerprint density at radius 1 is 1.27 bits per heavy atom. The van der Waals surface area contributed by atoms with E-state index >= 15 is 0 Å². The predicted molar refractivity (Wildman–Crippen MR) is 102 cm³/mol. The number of halogens is 1. The Labute approximate surface area is 158 Å². The van der Waals surface area contributed by atoms with E-state index in [1.807, 2.05) is 12.1 Å². The zero-order chi connectivity index (χ0) is 17.4. The lowest BCUT2D eigenvalue weighted by molar-refractivity contribution is -0.118. The second-order valence-electron chi connectivity index (χ2n) is 7.01. The minimum atomic E-state index is -0.507. The zero-order valence-corrected chi connectivity index (χ0v) is 15.6. The highest BCUT2D eigenvalue weighted by atomic mass is 35.5. The average Bonchev–Trinajstić information content (AvgIpc) is 3.06. The topological polar surface area (TPSA) is 74.4 Å². The van der Waals surface area contributed by atoms with Gasteiger partial charge >= 0.3 is 0 Å². The first-order chi connectivity index (χ1) is 12.2. The van der Waals surface area contributed by atoms with Crippen LogP contribution in [0.25, 0.3) is 10.9 Å². The molecular weight excluding hydrogens is 354 g/mol. The molecule has 26 heavy (non-hydrogen) atoms. The van der Waals surface area contributed by atoms with Crippen LogP contribution in [-0.2, 0) is 4.79 Å². The van der Waals surface area contributed by atoms with Gasteiger partial charge in [-0.05, 0) is 49.9 Å². The Kier molecular flexibility index (Phi) is 5.53. The number of benzene rings is 1. The number of rotatable bonds is 4. The molecule has 0 saturated carbocycles. The number of piperidine rings is 2. The molecule has 2 aliphatic rings. The van der Waals surface area contributed by atoms with Gasteiger partial charge < -0.3 is 19.9 Å². The van der Waals surface area contributed by atoms with E-state index in [1.165, 1.54) is 6.42 Å². The number of nitrogens with one attached hydrogen (secondary N) is 2. The molecule has 1 amide bonds. The summed E-state index contributed by atoms with van der Waals surface area (Å²) in [6, 6.07) is 5.56. The molecule has 2 aromatic rings. The third-order valence-corrected chi connectivity index (χ3v) is 5.52. The standard InChI is InChI=1S/C19H23N3O3.ClH/c1-25-13-4-5-17-14(9-13)15(10-20-17)18(23)19(24)21-16-6-8-22-7-2-3-12(16)11-22;/h4-5,9-10,12,16,20H,2-3,6-8,11H2,1H3,(H,21,24);1H. The van der Waals surface area contributed by atoms with Crippen molar-refractivity contribution in [2.45, 2.75) is 25.3 Å². The van der Waals surface area contributed by atoms with Crippen LogP contribution in [0.15, 0.2) is 24.4 Å². The second-order valence-corrected chi connectivity index (χ2v) is 7.01. The van der Waals surface area contributed by atoms with Crippen molar-refractivity contribution in [3.05, 3.63) is 30.0 Å². The highest BCUT2D eigenvalue weighted by Crippen LogP contribution is 2.27. The van der Waals surface area contributed by atoms with Gasteiger partial charge in [0, 0.05) is 36.2 Å². The zero-order valence-electron chi connectivity index (χ0n) is 14.8. The van der Waals surface area contributed by atoms with Crippen molar-refractivity contribution in [3.63, 3.8) is 0 Å². The minimum absolute atomic E-state index is 0. The van der Waals surface area contributed by atoms with Gasteiger partial charge in [0.25, 0.3) is 11.7 Å².